The fourth-order valence-electron chi connectivity index (χ4n) is 5.10. The first-order valence-corrected chi connectivity index (χ1v) is 13.5. The van der Waals surface area contributed by atoms with Crippen LogP contribution in [0.5, 0.6) is 0 Å². The molecule has 1 N–H and O–H groups in total. The quantitative estimate of drug-likeness (QED) is 0.577. The maximum Gasteiger partial charge on any atom is 0.419 e. The van der Waals surface area contributed by atoms with Crippen molar-refractivity contribution in [3.63, 3.8) is 0 Å². The Kier molecular flexibility index (Phi) is 5.89. The third kappa shape index (κ3) is 4.72. The van der Waals surface area contributed by atoms with Crippen LogP contribution in [-0.4, -0.2) is 43.5 Å². The number of carbonyl (C=O) groups is 2. The van der Waals surface area contributed by atoms with Gasteiger partial charge in [-0.05, 0) is 73.4 Å². The molecule has 6 nitrogen and oxygen atoms in total. The van der Waals surface area contributed by atoms with Gasteiger partial charge in [-0.1, -0.05) is 12.1 Å². The summed E-state index contributed by atoms with van der Waals surface area (Å²) < 4.78 is 77.0. The lowest BCUT2D eigenvalue weighted by molar-refractivity contribution is -0.140. The van der Waals surface area contributed by atoms with E-state index in [0.29, 0.717) is 12.5 Å². The summed E-state index contributed by atoms with van der Waals surface area (Å²) in [5.41, 5.74) is -0.957. The molecular weight excluding hydrogens is 500 g/mol. The van der Waals surface area contributed by atoms with Crippen LogP contribution in [-0.2, 0) is 20.8 Å². The second-order valence-corrected chi connectivity index (χ2v) is 11.9. The molecule has 2 amide bonds. The van der Waals surface area contributed by atoms with Crippen molar-refractivity contribution >= 4 is 21.7 Å². The van der Waals surface area contributed by atoms with Gasteiger partial charge in [-0.25, -0.2) is 12.8 Å². The predicted molar refractivity (Wildman–Crippen MR) is 121 cm³/mol. The molecule has 2 aromatic rings. The fourth-order valence-corrected chi connectivity index (χ4v) is 5.77. The fraction of sp³-hybridized carbons (Fsp3) is 0.440. The molecule has 3 aliphatic rings. The van der Waals surface area contributed by atoms with Crippen LogP contribution >= 0.6 is 0 Å². The van der Waals surface area contributed by atoms with Crippen LogP contribution in [0.4, 0.5) is 17.6 Å². The van der Waals surface area contributed by atoms with Crippen LogP contribution in [0.25, 0.3) is 0 Å². The van der Waals surface area contributed by atoms with Gasteiger partial charge < -0.3 is 10.2 Å². The Morgan fingerprint density at radius 3 is 2.42 bits per heavy atom. The van der Waals surface area contributed by atoms with E-state index in [9.17, 15) is 35.6 Å². The third-order valence-electron chi connectivity index (χ3n) is 7.20. The number of likely N-dealkylation sites (tertiary alicyclic amines) is 1. The van der Waals surface area contributed by atoms with E-state index in [1.54, 1.807) is 0 Å². The summed E-state index contributed by atoms with van der Waals surface area (Å²) in [6.07, 6.45) is -1.11. The largest absolute Gasteiger partial charge is 0.419 e. The molecule has 2 saturated carbocycles. The second-order valence-electron chi connectivity index (χ2n) is 9.89. The molecule has 2 aliphatic carbocycles. The summed E-state index contributed by atoms with van der Waals surface area (Å²) in [6, 6.07) is 6.74. The van der Waals surface area contributed by atoms with Crippen molar-refractivity contribution in [2.24, 2.45) is 11.8 Å². The van der Waals surface area contributed by atoms with Crippen molar-refractivity contribution in [2.45, 2.75) is 54.9 Å². The Morgan fingerprint density at radius 2 is 1.81 bits per heavy atom. The van der Waals surface area contributed by atoms with E-state index in [1.165, 1.54) is 35.2 Å². The van der Waals surface area contributed by atoms with Gasteiger partial charge in [0.2, 0.25) is 5.91 Å². The number of nitrogens with zero attached hydrogens (tertiary/aromatic N) is 1. The number of halogens is 4. The number of carbonyl (C=O) groups excluding carboxylic acids is 2. The number of sulfone groups is 1. The molecule has 2 aromatic carbocycles. The summed E-state index contributed by atoms with van der Waals surface area (Å²) >= 11 is 0. The van der Waals surface area contributed by atoms with Crippen LogP contribution in [0, 0.1) is 17.7 Å². The van der Waals surface area contributed by atoms with Gasteiger partial charge in [-0.15, -0.1) is 0 Å². The molecule has 1 aliphatic heterocycles. The molecule has 0 spiro atoms. The minimum absolute atomic E-state index is 0.000904. The summed E-state index contributed by atoms with van der Waals surface area (Å²) in [5.74, 6) is -2.17. The topological polar surface area (TPSA) is 83.6 Å². The van der Waals surface area contributed by atoms with Crippen molar-refractivity contribution < 1.29 is 35.6 Å². The monoisotopic (exact) mass is 524 g/mol. The van der Waals surface area contributed by atoms with Crippen LogP contribution < -0.4 is 5.32 Å². The van der Waals surface area contributed by atoms with E-state index in [4.69, 9.17) is 0 Å². The zero-order chi connectivity index (χ0) is 26.0. The third-order valence-corrected chi connectivity index (χ3v) is 8.31. The molecule has 0 aromatic heterocycles. The van der Waals surface area contributed by atoms with Crippen LogP contribution in [0.15, 0.2) is 47.4 Å². The van der Waals surface area contributed by atoms with Crippen molar-refractivity contribution in [1.82, 2.24) is 10.2 Å². The summed E-state index contributed by atoms with van der Waals surface area (Å²) in [6.45, 7) is 0. The molecule has 36 heavy (non-hydrogen) atoms. The number of alkyl halides is 3. The molecule has 5 rings (SSSR count). The van der Waals surface area contributed by atoms with Gasteiger partial charge in [0.1, 0.15) is 11.9 Å². The molecule has 0 radical (unpaired) electrons. The van der Waals surface area contributed by atoms with E-state index in [1.807, 2.05) is 0 Å². The summed E-state index contributed by atoms with van der Waals surface area (Å²) in [5, 5.41) is 2.86. The van der Waals surface area contributed by atoms with Gasteiger partial charge >= 0.3 is 6.18 Å². The normalized spacial score (nSPS) is 24.2. The lowest BCUT2D eigenvalue weighted by Crippen LogP contribution is -2.49. The van der Waals surface area contributed by atoms with Crippen molar-refractivity contribution in [1.29, 1.82) is 0 Å². The Bertz CT molecular complexity index is 1340. The standard InChI is InChI=1S/C25H24F4N2O4S/c1-36(34,35)17-4-2-3-15(9-17)24(33)31-20-11-16(20)12-21(31)23(32)30-22(13-5-6-13)14-7-8-18(19(26)10-14)25(27,28)29/h2-4,7-10,13,16,20-22H,5-6,11-12H2,1H3,(H,30,32)/t16-,20-,21-,22-/m1/s1. The van der Waals surface area contributed by atoms with Gasteiger partial charge in [-0.3, -0.25) is 9.59 Å². The number of fused-ring (bicyclic) bond motifs is 1. The van der Waals surface area contributed by atoms with Gasteiger partial charge in [-0.2, -0.15) is 13.2 Å². The molecular formula is C25H24F4N2O4S. The Balaban J connectivity index is 1.37. The number of piperidine rings is 1. The van der Waals surface area contributed by atoms with Crippen LogP contribution in [0.1, 0.15) is 53.2 Å². The van der Waals surface area contributed by atoms with Gasteiger partial charge in [0, 0.05) is 17.9 Å². The smallest absolute Gasteiger partial charge is 0.347 e. The zero-order valence-electron chi connectivity index (χ0n) is 19.3. The van der Waals surface area contributed by atoms with Crippen molar-refractivity contribution in [3.05, 3.63) is 65.0 Å². The van der Waals surface area contributed by atoms with E-state index in [-0.39, 0.29) is 33.9 Å². The number of nitrogens with one attached hydrogen (secondary N) is 1. The van der Waals surface area contributed by atoms with E-state index < -0.39 is 51.3 Å². The molecule has 0 unspecified atom stereocenters. The highest BCUT2D eigenvalue weighted by atomic mass is 32.2. The number of amides is 2. The highest BCUT2D eigenvalue weighted by molar-refractivity contribution is 7.90. The Morgan fingerprint density at radius 1 is 1.08 bits per heavy atom. The molecule has 11 heteroatoms. The number of rotatable bonds is 6. The molecule has 4 atom stereocenters. The highest BCUT2D eigenvalue weighted by Gasteiger charge is 2.56. The molecule has 0 bridgehead atoms. The summed E-state index contributed by atoms with van der Waals surface area (Å²) in [4.78, 5) is 28.2. The Hall–Kier alpha value is -2.95. The Labute approximate surface area is 205 Å². The van der Waals surface area contributed by atoms with Gasteiger partial charge in [0.25, 0.3) is 5.91 Å². The van der Waals surface area contributed by atoms with Gasteiger partial charge in [0.15, 0.2) is 9.84 Å². The molecule has 1 saturated heterocycles. The first-order chi connectivity index (χ1) is 16.8. The number of benzene rings is 2. The highest BCUT2D eigenvalue weighted by Crippen LogP contribution is 2.49. The van der Waals surface area contributed by atoms with Crippen molar-refractivity contribution in [3.8, 4) is 0 Å². The van der Waals surface area contributed by atoms with E-state index >= 15 is 0 Å². The lowest BCUT2D eigenvalue weighted by Gasteiger charge is -2.29. The average molecular weight is 525 g/mol. The number of hydrogen-bond donors (Lipinski definition) is 1. The maximum absolute atomic E-state index is 14.2. The van der Waals surface area contributed by atoms with Crippen LogP contribution in [0.2, 0.25) is 0 Å². The molecule has 1 heterocycles. The zero-order valence-corrected chi connectivity index (χ0v) is 20.1. The minimum atomic E-state index is -4.82. The van der Waals surface area contributed by atoms with E-state index in [2.05, 4.69) is 5.32 Å². The second kappa shape index (κ2) is 8.57. The SMILES string of the molecule is CS(=O)(=O)c1cccc(C(=O)N2[C@@H](C(=O)N[C@@H](c3ccc(C(F)(F)F)c(F)c3)C3CC3)C[C@H]3C[C@H]32)c1. The first kappa shape index (κ1) is 24.7. The van der Waals surface area contributed by atoms with Crippen molar-refractivity contribution in [2.75, 3.05) is 6.26 Å². The average Bonchev–Trinajstić information content (AvgIpc) is 3.73. The first-order valence-electron chi connectivity index (χ1n) is 11.6. The number of hydrogen-bond acceptors (Lipinski definition) is 4. The molecule has 192 valence electrons. The van der Waals surface area contributed by atoms with Gasteiger partial charge in [0.05, 0.1) is 16.5 Å². The lowest BCUT2D eigenvalue weighted by atomic mass is 9.99. The predicted octanol–water partition coefficient (Wildman–Crippen LogP) is 4.12. The summed E-state index contributed by atoms with van der Waals surface area (Å²) in [7, 11) is -3.53. The maximum atomic E-state index is 14.2. The van der Waals surface area contributed by atoms with E-state index in [0.717, 1.165) is 31.6 Å². The molecule has 3 fully saturated rings. The van der Waals surface area contributed by atoms with Crippen LogP contribution in [0.3, 0.4) is 0 Å². The minimum Gasteiger partial charge on any atom is -0.347 e.